The van der Waals surface area contributed by atoms with Crippen LogP contribution in [0.2, 0.25) is 0 Å². The Bertz CT molecular complexity index is 932. The average molecular weight is 334 g/mol. The molecule has 3 aromatic carbocycles. The molecule has 1 aliphatic rings. The Morgan fingerprint density at radius 2 is 1.76 bits per heavy atom. The lowest BCUT2D eigenvalue weighted by Gasteiger charge is -2.24. The molecule has 0 fully saturated rings. The maximum Gasteiger partial charge on any atom is 0.319 e. The summed E-state index contributed by atoms with van der Waals surface area (Å²) in [5.41, 5.74) is 0.890. The third-order valence-electron chi connectivity index (χ3n) is 4.48. The zero-order valence-corrected chi connectivity index (χ0v) is 13.9. The zero-order valence-electron chi connectivity index (χ0n) is 13.9. The molecule has 0 radical (unpaired) electrons. The van der Waals surface area contributed by atoms with Gasteiger partial charge in [-0.1, -0.05) is 30.3 Å². The molecule has 1 aliphatic heterocycles. The van der Waals surface area contributed by atoms with E-state index in [4.69, 9.17) is 14.2 Å². The summed E-state index contributed by atoms with van der Waals surface area (Å²) in [6, 6.07) is 19.1. The van der Waals surface area contributed by atoms with Crippen LogP contribution in [-0.2, 0) is 4.79 Å². The lowest BCUT2D eigenvalue weighted by Crippen LogP contribution is -2.24. The predicted octanol–water partition coefficient (Wildman–Crippen LogP) is 4.32. The topological polar surface area (TPSA) is 44.8 Å². The van der Waals surface area contributed by atoms with Crippen LogP contribution in [0.15, 0.2) is 60.7 Å². The molecular formula is C21H18O4. The summed E-state index contributed by atoms with van der Waals surface area (Å²) >= 11 is 0. The number of carbonyl (C=O) groups excluding carboxylic acids is 1. The minimum atomic E-state index is -0.300. The highest BCUT2D eigenvalue weighted by atomic mass is 16.5. The van der Waals surface area contributed by atoms with Gasteiger partial charge in [0.1, 0.15) is 17.2 Å². The number of fused-ring (bicyclic) bond motifs is 2. The van der Waals surface area contributed by atoms with Crippen molar-refractivity contribution in [2.45, 2.75) is 12.3 Å². The number of hydrogen-bond acceptors (Lipinski definition) is 4. The highest BCUT2D eigenvalue weighted by Gasteiger charge is 2.29. The zero-order chi connectivity index (χ0) is 17.2. The molecule has 0 aliphatic carbocycles. The van der Waals surface area contributed by atoms with E-state index < -0.39 is 0 Å². The lowest BCUT2D eigenvalue weighted by molar-refractivity contribution is -0.136. The van der Waals surface area contributed by atoms with E-state index >= 15 is 0 Å². The molecule has 0 saturated carbocycles. The summed E-state index contributed by atoms with van der Waals surface area (Å²) in [5.74, 6) is 1.52. The van der Waals surface area contributed by atoms with Gasteiger partial charge in [0.25, 0.3) is 0 Å². The fourth-order valence-corrected chi connectivity index (χ4v) is 3.17. The number of hydrogen-bond donors (Lipinski definition) is 0. The van der Waals surface area contributed by atoms with Crippen molar-refractivity contribution in [2.75, 3.05) is 13.7 Å². The van der Waals surface area contributed by atoms with E-state index in [2.05, 4.69) is 0 Å². The first-order valence-corrected chi connectivity index (χ1v) is 8.26. The van der Waals surface area contributed by atoms with Gasteiger partial charge in [-0.2, -0.15) is 0 Å². The molecule has 0 saturated heterocycles. The third-order valence-corrected chi connectivity index (χ3v) is 4.48. The van der Waals surface area contributed by atoms with E-state index in [0.29, 0.717) is 18.8 Å². The minimum Gasteiger partial charge on any atom is -0.497 e. The molecule has 25 heavy (non-hydrogen) atoms. The standard InChI is InChI=1S/C21H18O4/c1-23-16-8-6-14-7-9-17(13-15(14)12-16)25-21(22)19-10-11-24-20-5-3-2-4-18(19)20/h2-9,12-13,19H,10-11H2,1H3. The van der Waals surface area contributed by atoms with Crippen molar-refractivity contribution in [3.05, 3.63) is 66.2 Å². The van der Waals surface area contributed by atoms with Gasteiger partial charge < -0.3 is 14.2 Å². The van der Waals surface area contributed by atoms with E-state index in [1.54, 1.807) is 7.11 Å². The normalized spacial score (nSPS) is 16.0. The first-order chi connectivity index (χ1) is 12.2. The van der Waals surface area contributed by atoms with Crippen LogP contribution in [0.25, 0.3) is 10.8 Å². The van der Waals surface area contributed by atoms with Crippen LogP contribution in [0, 0.1) is 0 Å². The van der Waals surface area contributed by atoms with Crippen molar-refractivity contribution < 1.29 is 19.0 Å². The Morgan fingerprint density at radius 1 is 1.00 bits per heavy atom. The highest BCUT2D eigenvalue weighted by Crippen LogP contribution is 2.35. The fraction of sp³-hybridized carbons (Fsp3) is 0.190. The van der Waals surface area contributed by atoms with Gasteiger partial charge in [0.05, 0.1) is 19.6 Å². The van der Waals surface area contributed by atoms with Crippen molar-refractivity contribution in [2.24, 2.45) is 0 Å². The quantitative estimate of drug-likeness (QED) is 0.528. The molecule has 0 spiro atoms. The molecule has 4 heteroatoms. The van der Waals surface area contributed by atoms with Crippen LogP contribution in [0.4, 0.5) is 0 Å². The monoisotopic (exact) mass is 334 g/mol. The molecule has 0 amide bonds. The Hall–Kier alpha value is -3.01. The molecule has 126 valence electrons. The van der Waals surface area contributed by atoms with Crippen LogP contribution in [-0.4, -0.2) is 19.7 Å². The van der Waals surface area contributed by atoms with Crippen molar-refractivity contribution in [3.63, 3.8) is 0 Å². The Labute approximate surface area is 145 Å². The maximum absolute atomic E-state index is 12.7. The number of benzene rings is 3. The van der Waals surface area contributed by atoms with Gasteiger partial charge in [-0.25, -0.2) is 0 Å². The number of ether oxygens (including phenoxy) is 3. The molecule has 4 nitrogen and oxygen atoms in total. The summed E-state index contributed by atoms with van der Waals surface area (Å²) in [6.45, 7) is 0.520. The second-order valence-electron chi connectivity index (χ2n) is 6.02. The van der Waals surface area contributed by atoms with Crippen LogP contribution in [0.3, 0.4) is 0 Å². The smallest absolute Gasteiger partial charge is 0.319 e. The number of carbonyl (C=O) groups is 1. The molecule has 3 aromatic rings. The van der Waals surface area contributed by atoms with Crippen molar-refractivity contribution in [3.8, 4) is 17.2 Å². The molecular weight excluding hydrogens is 316 g/mol. The van der Waals surface area contributed by atoms with Gasteiger partial charge in [-0.05, 0) is 47.5 Å². The third kappa shape index (κ3) is 3.03. The summed E-state index contributed by atoms with van der Waals surface area (Å²) in [5, 5.41) is 2.04. The van der Waals surface area contributed by atoms with Gasteiger partial charge in [0.15, 0.2) is 0 Å². The number of para-hydroxylation sites is 1. The van der Waals surface area contributed by atoms with Gasteiger partial charge >= 0.3 is 5.97 Å². The van der Waals surface area contributed by atoms with Gasteiger partial charge in [0, 0.05) is 5.56 Å². The first-order valence-electron chi connectivity index (χ1n) is 8.26. The average Bonchev–Trinajstić information content (AvgIpc) is 2.66. The van der Waals surface area contributed by atoms with E-state index in [1.165, 1.54) is 0 Å². The van der Waals surface area contributed by atoms with Crippen molar-refractivity contribution in [1.29, 1.82) is 0 Å². The van der Waals surface area contributed by atoms with E-state index in [-0.39, 0.29) is 11.9 Å². The predicted molar refractivity (Wildman–Crippen MR) is 95.4 cm³/mol. The van der Waals surface area contributed by atoms with Crippen LogP contribution in [0.1, 0.15) is 17.9 Å². The second kappa shape index (κ2) is 6.48. The Kier molecular flexibility index (Phi) is 4.02. The largest absolute Gasteiger partial charge is 0.497 e. The Morgan fingerprint density at radius 3 is 2.60 bits per heavy atom. The summed E-state index contributed by atoms with van der Waals surface area (Å²) in [4.78, 5) is 12.7. The van der Waals surface area contributed by atoms with Crippen molar-refractivity contribution in [1.82, 2.24) is 0 Å². The van der Waals surface area contributed by atoms with Crippen LogP contribution >= 0.6 is 0 Å². The molecule has 1 unspecified atom stereocenters. The molecule has 1 heterocycles. The summed E-state index contributed by atoms with van der Waals surface area (Å²) < 4.78 is 16.5. The van der Waals surface area contributed by atoms with Crippen LogP contribution in [0.5, 0.6) is 17.2 Å². The van der Waals surface area contributed by atoms with E-state index in [0.717, 1.165) is 27.8 Å². The number of esters is 1. The number of rotatable bonds is 3. The number of methoxy groups -OCH3 is 1. The van der Waals surface area contributed by atoms with Crippen molar-refractivity contribution >= 4 is 16.7 Å². The molecule has 1 atom stereocenters. The van der Waals surface area contributed by atoms with E-state index in [9.17, 15) is 4.79 Å². The van der Waals surface area contributed by atoms with Gasteiger partial charge in [0.2, 0.25) is 0 Å². The van der Waals surface area contributed by atoms with Gasteiger partial charge in [-0.15, -0.1) is 0 Å². The van der Waals surface area contributed by atoms with E-state index in [1.807, 2.05) is 60.7 Å². The summed E-state index contributed by atoms with van der Waals surface area (Å²) in [6.07, 6.45) is 0.622. The second-order valence-corrected chi connectivity index (χ2v) is 6.02. The fourth-order valence-electron chi connectivity index (χ4n) is 3.17. The maximum atomic E-state index is 12.7. The van der Waals surface area contributed by atoms with Crippen LogP contribution < -0.4 is 14.2 Å². The highest BCUT2D eigenvalue weighted by molar-refractivity contribution is 5.87. The molecule has 0 N–H and O–H groups in total. The van der Waals surface area contributed by atoms with Gasteiger partial charge in [-0.3, -0.25) is 4.79 Å². The first kappa shape index (κ1) is 15.5. The molecule has 0 aromatic heterocycles. The molecule has 0 bridgehead atoms. The lowest BCUT2D eigenvalue weighted by atomic mass is 9.93. The minimum absolute atomic E-state index is 0.252. The Balaban J connectivity index is 1.60. The molecule has 4 rings (SSSR count). The SMILES string of the molecule is COc1ccc2ccc(OC(=O)C3CCOc4ccccc43)cc2c1. The summed E-state index contributed by atoms with van der Waals surface area (Å²) in [7, 11) is 1.63.